The van der Waals surface area contributed by atoms with Crippen LogP contribution in [0, 0.1) is 11.8 Å². The van der Waals surface area contributed by atoms with Gasteiger partial charge >= 0.3 is 5.97 Å². The Morgan fingerprint density at radius 3 is 2.70 bits per heavy atom. The predicted molar refractivity (Wildman–Crippen MR) is 35.4 cm³/mol. The van der Waals surface area contributed by atoms with Crippen molar-refractivity contribution in [3.63, 3.8) is 0 Å². The van der Waals surface area contributed by atoms with Crippen molar-refractivity contribution in [1.82, 2.24) is 5.32 Å². The SMILES string of the molecule is O=C1OCCC1C1CNC1. The van der Waals surface area contributed by atoms with Gasteiger partial charge in [0.15, 0.2) is 0 Å². The lowest BCUT2D eigenvalue weighted by Gasteiger charge is -2.29. The summed E-state index contributed by atoms with van der Waals surface area (Å²) in [5.41, 5.74) is 0. The Bertz CT molecular complexity index is 154. The Hall–Kier alpha value is -0.570. The fourth-order valence-corrected chi connectivity index (χ4v) is 1.54. The van der Waals surface area contributed by atoms with E-state index in [9.17, 15) is 4.79 Å². The summed E-state index contributed by atoms with van der Waals surface area (Å²) < 4.78 is 4.86. The minimum atomic E-state index is 0.0199. The van der Waals surface area contributed by atoms with E-state index in [1.807, 2.05) is 0 Å². The number of cyclic esters (lactones) is 1. The maximum absolute atomic E-state index is 11.0. The molecule has 2 heterocycles. The molecule has 1 N–H and O–H groups in total. The second-order valence-corrected chi connectivity index (χ2v) is 2.98. The third-order valence-corrected chi connectivity index (χ3v) is 2.36. The molecule has 2 rings (SSSR count). The van der Waals surface area contributed by atoms with Gasteiger partial charge in [0.25, 0.3) is 0 Å². The number of carbonyl (C=O) groups excluding carboxylic acids is 1. The summed E-state index contributed by atoms with van der Waals surface area (Å²) >= 11 is 0. The second-order valence-electron chi connectivity index (χ2n) is 2.98. The van der Waals surface area contributed by atoms with E-state index in [0.29, 0.717) is 12.5 Å². The van der Waals surface area contributed by atoms with Crippen LogP contribution in [0.3, 0.4) is 0 Å². The number of rotatable bonds is 1. The van der Waals surface area contributed by atoms with E-state index in [-0.39, 0.29) is 11.9 Å². The van der Waals surface area contributed by atoms with Crippen LogP contribution in [0.25, 0.3) is 0 Å². The molecule has 0 aromatic carbocycles. The molecule has 1 unspecified atom stereocenters. The highest BCUT2D eigenvalue weighted by Gasteiger charge is 2.36. The molecule has 0 radical (unpaired) electrons. The smallest absolute Gasteiger partial charge is 0.309 e. The van der Waals surface area contributed by atoms with Gasteiger partial charge in [0.1, 0.15) is 0 Å². The zero-order valence-corrected chi connectivity index (χ0v) is 5.80. The van der Waals surface area contributed by atoms with Gasteiger partial charge in [-0.2, -0.15) is 0 Å². The Balaban J connectivity index is 1.96. The molecule has 0 aromatic rings. The quantitative estimate of drug-likeness (QED) is 0.512. The van der Waals surface area contributed by atoms with Crippen molar-refractivity contribution in [2.75, 3.05) is 19.7 Å². The predicted octanol–water partition coefficient (Wildman–Crippen LogP) is -0.231. The average Bonchev–Trinajstić information content (AvgIpc) is 2.12. The van der Waals surface area contributed by atoms with Gasteiger partial charge in [0.05, 0.1) is 12.5 Å². The van der Waals surface area contributed by atoms with Gasteiger partial charge in [0.2, 0.25) is 0 Å². The van der Waals surface area contributed by atoms with E-state index in [2.05, 4.69) is 5.32 Å². The number of hydrogen-bond acceptors (Lipinski definition) is 3. The van der Waals surface area contributed by atoms with E-state index in [1.54, 1.807) is 0 Å². The molecule has 0 spiro atoms. The van der Waals surface area contributed by atoms with Gasteiger partial charge in [-0.15, -0.1) is 0 Å². The minimum absolute atomic E-state index is 0.0199. The highest BCUT2D eigenvalue weighted by atomic mass is 16.5. The molecule has 2 aliphatic rings. The summed E-state index contributed by atoms with van der Waals surface area (Å²) in [6.07, 6.45) is 0.936. The van der Waals surface area contributed by atoms with Crippen molar-refractivity contribution in [2.45, 2.75) is 6.42 Å². The normalized spacial score (nSPS) is 33.6. The topological polar surface area (TPSA) is 38.3 Å². The standard InChI is InChI=1S/C7H11NO2/c9-7-6(1-2-10-7)5-3-8-4-5/h5-6,8H,1-4H2. The van der Waals surface area contributed by atoms with Gasteiger partial charge in [0, 0.05) is 13.1 Å². The van der Waals surface area contributed by atoms with Crippen molar-refractivity contribution in [3.05, 3.63) is 0 Å². The molecule has 10 heavy (non-hydrogen) atoms. The molecule has 3 nitrogen and oxygen atoms in total. The molecule has 0 bridgehead atoms. The summed E-state index contributed by atoms with van der Waals surface area (Å²) in [7, 11) is 0. The maximum atomic E-state index is 11.0. The average molecular weight is 141 g/mol. The number of hydrogen-bond donors (Lipinski definition) is 1. The van der Waals surface area contributed by atoms with E-state index >= 15 is 0 Å². The van der Waals surface area contributed by atoms with Crippen LogP contribution in [-0.4, -0.2) is 25.7 Å². The maximum Gasteiger partial charge on any atom is 0.309 e. The zero-order chi connectivity index (χ0) is 6.97. The Kier molecular flexibility index (Phi) is 1.38. The molecule has 3 heteroatoms. The largest absolute Gasteiger partial charge is 0.465 e. The molecule has 0 aliphatic carbocycles. The zero-order valence-electron chi connectivity index (χ0n) is 5.80. The van der Waals surface area contributed by atoms with E-state index in [0.717, 1.165) is 19.5 Å². The molecular weight excluding hydrogens is 130 g/mol. The number of esters is 1. The number of carbonyl (C=O) groups is 1. The molecule has 2 fully saturated rings. The molecule has 0 amide bonds. The van der Waals surface area contributed by atoms with Crippen molar-refractivity contribution in [2.24, 2.45) is 11.8 Å². The second kappa shape index (κ2) is 2.23. The van der Waals surface area contributed by atoms with Crippen molar-refractivity contribution in [1.29, 1.82) is 0 Å². The fraction of sp³-hybridized carbons (Fsp3) is 0.857. The summed E-state index contributed by atoms with van der Waals surface area (Å²) in [5.74, 6) is 0.794. The number of nitrogens with one attached hydrogen (secondary N) is 1. The van der Waals surface area contributed by atoms with Crippen LogP contribution in [0.2, 0.25) is 0 Å². The van der Waals surface area contributed by atoms with Gasteiger partial charge in [-0.1, -0.05) is 0 Å². The van der Waals surface area contributed by atoms with E-state index in [4.69, 9.17) is 4.74 Å². The number of ether oxygens (including phenoxy) is 1. The van der Waals surface area contributed by atoms with E-state index in [1.165, 1.54) is 0 Å². The van der Waals surface area contributed by atoms with Crippen LogP contribution < -0.4 is 5.32 Å². The summed E-state index contributed by atoms with van der Waals surface area (Å²) in [4.78, 5) is 11.0. The van der Waals surface area contributed by atoms with Crippen LogP contribution in [0.4, 0.5) is 0 Å². The minimum Gasteiger partial charge on any atom is -0.465 e. The summed E-state index contributed by atoms with van der Waals surface area (Å²) in [6.45, 7) is 2.64. The Labute approximate surface area is 59.7 Å². The van der Waals surface area contributed by atoms with Gasteiger partial charge in [-0.3, -0.25) is 4.79 Å². The first-order chi connectivity index (χ1) is 4.88. The monoisotopic (exact) mass is 141 g/mol. The molecule has 0 saturated carbocycles. The highest BCUT2D eigenvalue weighted by molar-refractivity contribution is 5.74. The third kappa shape index (κ3) is 0.814. The van der Waals surface area contributed by atoms with Crippen molar-refractivity contribution >= 4 is 5.97 Å². The Morgan fingerprint density at radius 1 is 1.50 bits per heavy atom. The fourth-order valence-electron chi connectivity index (χ4n) is 1.54. The van der Waals surface area contributed by atoms with E-state index < -0.39 is 0 Å². The van der Waals surface area contributed by atoms with Crippen LogP contribution in [0.15, 0.2) is 0 Å². The van der Waals surface area contributed by atoms with Crippen LogP contribution in [0.5, 0.6) is 0 Å². The lowest BCUT2D eigenvalue weighted by molar-refractivity contribution is -0.143. The molecule has 1 atom stereocenters. The first-order valence-electron chi connectivity index (χ1n) is 3.75. The van der Waals surface area contributed by atoms with Gasteiger partial charge in [-0.25, -0.2) is 0 Å². The summed E-state index contributed by atoms with van der Waals surface area (Å²) in [5, 5.41) is 3.15. The van der Waals surface area contributed by atoms with Gasteiger partial charge < -0.3 is 10.1 Å². The molecule has 56 valence electrons. The van der Waals surface area contributed by atoms with Crippen LogP contribution in [0.1, 0.15) is 6.42 Å². The molecule has 2 aliphatic heterocycles. The van der Waals surface area contributed by atoms with Crippen molar-refractivity contribution in [3.8, 4) is 0 Å². The van der Waals surface area contributed by atoms with Crippen molar-refractivity contribution < 1.29 is 9.53 Å². The first kappa shape index (κ1) is 6.16. The van der Waals surface area contributed by atoms with Crippen LogP contribution >= 0.6 is 0 Å². The molecular formula is C7H11NO2. The third-order valence-electron chi connectivity index (χ3n) is 2.36. The molecule has 0 aromatic heterocycles. The summed E-state index contributed by atoms with van der Waals surface area (Å²) in [6, 6.07) is 0. The lowest BCUT2D eigenvalue weighted by Crippen LogP contribution is -2.47. The van der Waals surface area contributed by atoms with Gasteiger partial charge in [-0.05, 0) is 12.3 Å². The van der Waals surface area contributed by atoms with Crippen LogP contribution in [-0.2, 0) is 9.53 Å². The lowest BCUT2D eigenvalue weighted by atomic mass is 9.87. The highest BCUT2D eigenvalue weighted by Crippen LogP contribution is 2.25. The first-order valence-corrected chi connectivity index (χ1v) is 3.75. The molecule has 2 saturated heterocycles. The Morgan fingerprint density at radius 2 is 2.30 bits per heavy atom.